The number of carbonyl (C=O) groups is 2. The Labute approximate surface area is 257 Å². The largest absolute Gasteiger partial charge is 0.361 e. The number of fused-ring (bicyclic) bond motifs is 3. The second-order valence-electron chi connectivity index (χ2n) is 13.6. The van der Waals surface area contributed by atoms with E-state index in [2.05, 4.69) is 84.8 Å². The molecule has 1 aromatic heterocycles. The molecule has 2 aromatic carbocycles. The Morgan fingerprint density at radius 2 is 1.65 bits per heavy atom. The zero-order valence-electron chi connectivity index (χ0n) is 26.7. The van der Waals surface area contributed by atoms with Crippen molar-refractivity contribution in [1.29, 1.82) is 0 Å². The molecule has 1 aliphatic heterocycles. The fourth-order valence-corrected chi connectivity index (χ4v) is 7.54. The first kappa shape index (κ1) is 31.3. The number of amides is 2. The van der Waals surface area contributed by atoms with Crippen LogP contribution in [-0.2, 0) is 15.0 Å². The van der Waals surface area contributed by atoms with Crippen molar-refractivity contribution in [2.75, 3.05) is 34.2 Å². The highest BCUT2D eigenvalue weighted by Gasteiger charge is 2.47. The maximum absolute atomic E-state index is 12.5. The summed E-state index contributed by atoms with van der Waals surface area (Å²) in [4.78, 5) is 32.5. The number of nitrogens with one attached hydrogen (secondary N) is 2. The molecule has 7 nitrogen and oxygen atoms in total. The van der Waals surface area contributed by atoms with Crippen molar-refractivity contribution >= 4 is 22.7 Å². The Balaban J connectivity index is 0.000000173. The van der Waals surface area contributed by atoms with E-state index in [9.17, 15) is 9.59 Å². The van der Waals surface area contributed by atoms with E-state index in [1.165, 1.54) is 34.9 Å². The molecule has 1 saturated carbocycles. The number of aromatic nitrogens is 1. The SMILES string of the molecule is CN1CCC2(CC1)C[C@@H](C(=O)N(C)C)c1ccccc12.C[C@H](NC(=O)C1CCC(N)CC1)[C@H](C)c1c[nH]c2ccccc12. The fraction of sp³-hybridized carbons (Fsp3) is 0.556. The van der Waals surface area contributed by atoms with Gasteiger partial charge in [-0.3, -0.25) is 9.59 Å². The third kappa shape index (κ3) is 6.68. The van der Waals surface area contributed by atoms with E-state index in [4.69, 9.17) is 5.73 Å². The first-order chi connectivity index (χ1) is 20.6. The highest BCUT2D eigenvalue weighted by atomic mass is 16.2. The third-order valence-corrected chi connectivity index (χ3v) is 10.6. The van der Waals surface area contributed by atoms with Crippen LogP contribution < -0.4 is 11.1 Å². The van der Waals surface area contributed by atoms with Crippen molar-refractivity contribution < 1.29 is 9.59 Å². The van der Waals surface area contributed by atoms with Crippen LogP contribution in [0, 0.1) is 5.92 Å². The average molecular weight is 586 g/mol. The van der Waals surface area contributed by atoms with Gasteiger partial charge < -0.3 is 25.8 Å². The summed E-state index contributed by atoms with van der Waals surface area (Å²) in [6.45, 7) is 6.55. The van der Waals surface area contributed by atoms with Crippen LogP contribution in [0.4, 0.5) is 0 Å². The normalized spacial score (nSPS) is 24.5. The van der Waals surface area contributed by atoms with Gasteiger partial charge in [-0.1, -0.05) is 49.4 Å². The molecule has 3 atom stereocenters. The summed E-state index contributed by atoms with van der Waals surface area (Å²) in [7, 11) is 5.92. The number of benzene rings is 2. The van der Waals surface area contributed by atoms with Crippen molar-refractivity contribution in [2.24, 2.45) is 11.7 Å². The number of nitrogens with two attached hydrogens (primary N) is 1. The number of para-hydroxylation sites is 1. The van der Waals surface area contributed by atoms with Crippen LogP contribution in [0.1, 0.15) is 87.3 Å². The van der Waals surface area contributed by atoms with Crippen LogP contribution in [0.5, 0.6) is 0 Å². The molecule has 1 saturated heterocycles. The number of aromatic amines is 1. The topological polar surface area (TPSA) is 94.5 Å². The van der Waals surface area contributed by atoms with E-state index in [0.717, 1.165) is 50.7 Å². The quantitative estimate of drug-likeness (QED) is 0.368. The van der Waals surface area contributed by atoms with Crippen LogP contribution in [-0.4, -0.2) is 72.9 Å². The minimum Gasteiger partial charge on any atom is -0.361 e. The molecule has 1 spiro atoms. The maximum Gasteiger partial charge on any atom is 0.229 e. The van der Waals surface area contributed by atoms with Crippen LogP contribution in [0.25, 0.3) is 10.9 Å². The first-order valence-electron chi connectivity index (χ1n) is 16.2. The van der Waals surface area contributed by atoms with Crippen LogP contribution >= 0.6 is 0 Å². The number of hydrogen-bond acceptors (Lipinski definition) is 4. The molecule has 3 aliphatic rings. The summed E-state index contributed by atoms with van der Waals surface area (Å²) in [5, 5.41) is 4.46. The number of hydrogen-bond donors (Lipinski definition) is 3. The van der Waals surface area contributed by atoms with Crippen molar-refractivity contribution in [3.8, 4) is 0 Å². The van der Waals surface area contributed by atoms with Crippen molar-refractivity contribution in [3.63, 3.8) is 0 Å². The zero-order chi connectivity index (χ0) is 30.7. The van der Waals surface area contributed by atoms with Crippen LogP contribution in [0.15, 0.2) is 54.7 Å². The number of likely N-dealkylation sites (tertiary alicyclic amines) is 1. The second kappa shape index (κ2) is 13.2. The molecular weight excluding hydrogens is 534 g/mol. The van der Waals surface area contributed by atoms with E-state index < -0.39 is 0 Å². The Hall–Kier alpha value is -3.16. The zero-order valence-corrected chi connectivity index (χ0v) is 26.7. The number of nitrogens with zero attached hydrogens (tertiary/aromatic N) is 2. The predicted octanol–water partition coefficient (Wildman–Crippen LogP) is 5.52. The molecule has 2 aliphatic carbocycles. The molecule has 0 bridgehead atoms. The third-order valence-electron chi connectivity index (χ3n) is 10.6. The lowest BCUT2D eigenvalue weighted by Crippen LogP contribution is -2.42. The van der Waals surface area contributed by atoms with Gasteiger partial charge in [0.05, 0.1) is 5.92 Å². The highest BCUT2D eigenvalue weighted by molar-refractivity contribution is 5.85. The number of rotatable bonds is 5. The summed E-state index contributed by atoms with van der Waals surface area (Å²) in [5.41, 5.74) is 11.3. The van der Waals surface area contributed by atoms with Crippen LogP contribution in [0.3, 0.4) is 0 Å². The molecule has 232 valence electrons. The van der Waals surface area contributed by atoms with Crippen LogP contribution in [0.2, 0.25) is 0 Å². The van der Waals surface area contributed by atoms with Gasteiger partial charge in [0.1, 0.15) is 0 Å². The van der Waals surface area contributed by atoms with Gasteiger partial charge in [0, 0.05) is 55.1 Å². The van der Waals surface area contributed by atoms with Gasteiger partial charge in [-0.25, -0.2) is 0 Å². The Morgan fingerprint density at radius 3 is 2.35 bits per heavy atom. The smallest absolute Gasteiger partial charge is 0.229 e. The van der Waals surface area contributed by atoms with Crippen molar-refractivity contribution in [2.45, 2.75) is 88.1 Å². The van der Waals surface area contributed by atoms with Gasteiger partial charge >= 0.3 is 0 Å². The minimum absolute atomic E-state index is 0.0598. The molecule has 43 heavy (non-hydrogen) atoms. The molecule has 3 aromatic rings. The lowest BCUT2D eigenvalue weighted by molar-refractivity contribution is -0.130. The van der Waals surface area contributed by atoms with Crippen molar-refractivity contribution in [3.05, 3.63) is 71.4 Å². The predicted molar refractivity (Wildman–Crippen MR) is 175 cm³/mol. The van der Waals surface area contributed by atoms with E-state index in [1.54, 1.807) is 4.90 Å². The summed E-state index contributed by atoms with van der Waals surface area (Å²) in [6, 6.07) is 17.3. The lowest BCUT2D eigenvalue weighted by Gasteiger charge is -2.39. The number of likely N-dealkylation sites (N-methyl/N-ethyl adjacent to an activating group) is 1. The monoisotopic (exact) mass is 585 g/mol. The summed E-state index contributed by atoms with van der Waals surface area (Å²) >= 11 is 0. The van der Waals surface area contributed by atoms with E-state index in [0.29, 0.717) is 0 Å². The Bertz CT molecular complexity index is 1400. The highest BCUT2D eigenvalue weighted by Crippen LogP contribution is 2.51. The fourth-order valence-electron chi connectivity index (χ4n) is 7.54. The number of H-pyrrole nitrogens is 1. The Kier molecular flexibility index (Phi) is 9.62. The molecule has 2 heterocycles. The molecular formula is C36H51N5O2. The summed E-state index contributed by atoms with van der Waals surface area (Å²) in [5.74, 6) is 0.905. The number of carbonyl (C=O) groups excluding carboxylic acids is 2. The van der Waals surface area contributed by atoms with Gasteiger partial charge in [0.2, 0.25) is 11.8 Å². The summed E-state index contributed by atoms with van der Waals surface area (Å²) < 4.78 is 0. The van der Waals surface area contributed by atoms with E-state index >= 15 is 0 Å². The van der Waals surface area contributed by atoms with E-state index in [-0.39, 0.29) is 47.1 Å². The average Bonchev–Trinajstić information content (AvgIpc) is 3.58. The molecule has 2 amide bonds. The van der Waals surface area contributed by atoms with E-state index in [1.807, 2.05) is 20.2 Å². The second-order valence-corrected chi connectivity index (χ2v) is 13.6. The van der Waals surface area contributed by atoms with Gasteiger partial charge in [0.25, 0.3) is 0 Å². The maximum atomic E-state index is 12.5. The van der Waals surface area contributed by atoms with Gasteiger partial charge in [-0.15, -0.1) is 0 Å². The van der Waals surface area contributed by atoms with Gasteiger partial charge in [-0.05, 0) is 100 Å². The molecule has 0 radical (unpaired) electrons. The van der Waals surface area contributed by atoms with Gasteiger partial charge in [0.15, 0.2) is 0 Å². The molecule has 0 unspecified atom stereocenters. The molecule has 7 heteroatoms. The standard InChI is InChI=1S/C19H27N3O.C17H24N2O/c1-12(17-11-21-18-6-4-3-5-16(17)18)13(2)22-19(23)14-7-9-15(20)10-8-14;1-18(2)16(20)14-12-17(8-10-19(3)11-9-17)15-7-5-4-6-13(14)15/h3-6,11-15,21H,7-10,20H2,1-2H3,(H,22,23);4-7,14H,8-12H2,1-3H3/t12-,13-,14?,15?;14-/m01/s1. The molecule has 6 rings (SSSR count). The number of piperidine rings is 1. The minimum atomic E-state index is 0.0598. The summed E-state index contributed by atoms with van der Waals surface area (Å²) in [6.07, 6.45) is 9.18. The molecule has 4 N–H and O–H groups in total. The molecule has 2 fully saturated rings. The first-order valence-corrected chi connectivity index (χ1v) is 16.2. The van der Waals surface area contributed by atoms with Gasteiger partial charge in [-0.2, -0.15) is 0 Å². The lowest BCUT2D eigenvalue weighted by atomic mass is 9.73. The Morgan fingerprint density at radius 1 is 1.00 bits per heavy atom. The van der Waals surface area contributed by atoms with Crippen molar-refractivity contribution in [1.82, 2.24) is 20.1 Å².